The number of rotatable bonds is 19. The van der Waals surface area contributed by atoms with Crippen LogP contribution in [0.25, 0.3) is 0 Å². The van der Waals surface area contributed by atoms with Crippen molar-refractivity contribution in [3.05, 3.63) is 0 Å². The van der Waals surface area contributed by atoms with Crippen molar-refractivity contribution < 1.29 is 179 Å². The first-order chi connectivity index (χ1) is 37.0. The predicted octanol–water partition coefficient (Wildman–Crippen LogP) is -16.3. The Kier molecular flexibility index (Phi) is 22.6. The lowest BCUT2D eigenvalue weighted by Crippen LogP contribution is -2.69. The zero-order valence-corrected chi connectivity index (χ0v) is 40.8. The number of aliphatic hydroxyl groups is 23. The highest BCUT2D eigenvalue weighted by molar-refractivity contribution is 5.01. The zero-order valence-electron chi connectivity index (χ0n) is 40.8. The molecule has 0 aromatic carbocycles. The van der Waals surface area contributed by atoms with Gasteiger partial charge in [0.15, 0.2) is 44.0 Å². The Bertz CT molecular complexity index is 1820. The maximum absolute atomic E-state index is 11.7. The number of ether oxygens (including phenoxy) is 13. The molecule has 0 aliphatic carbocycles. The zero-order chi connectivity index (χ0) is 57.3. The van der Waals surface area contributed by atoms with Gasteiger partial charge >= 0.3 is 0 Å². The summed E-state index contributed by atoms with van der Waals surface area (Å²) in [4.78, 5) is 0. The van der Waals surface area contributed by atoms with Crippen LogP contribution in [0.2, 0.25) is 0 Å². The van der Waals surface area contributed by atoms with Crippen LogP contribution in [0, 0.1) is 0 Å². The maximum atomic E-state index is 11.7. The lowest BCUT2D eigenvalue weighted by molar-refractivity contribution is -0.405. The summed E-state index contributed by atoms with van der Waals surface area (Å²) in [6.07, 6.45) is -70.4. The molecule has 36 nitrogen and oxygen atoms in total. The van der Waals surface area contributed by atoms with Crippen LogP contribution in [0.1, 0.15) is 0 Å². The second-order valence-corrected chi connectivity index (χ2v) is 19.6. The van der Waals surface area contributed by atoms with Crippen LogP contribution in [0.3, 0.4) is 0 Å². The van der Waals surface area contributed by atoms with Gasteiger partial charge in [0.25, 0.3) is 0 Å². The average Bonchev–Trinajstić information content (AvgIpc) is 3.48. The van der Waals surface area contributed by atoms with Crippen LogP contribution < -0.4 is 0 Å². The lowest BCUT2D eigenvalue weighted by atomic mass is 9.95. The third kappa shape index (κ3) is 12.9. The van der Waals surface area contributed by atoms with Crippen LogP contribution in [-0.4, -0.2) is 379 Å². The summed E-state index contributed by atoms with van der Waals surface area (Å²) in [5.74, 6) is 0. The molecule has 0 aromatic heterocycles. The minimum Gasteiger partial charge on any atom is -0.394 e. The third-order valence-corrected chi connectivity index (χ3v) is 14.6. The number of hydrogen-bond acceptors (Lipinski definition) is 36. The topological polar surface area (TPSA) is 585 Å². The summed E-state index contributed by atoms with van der Waals surface area (Å²) < 4.78 is 72.4. The molecule has 23 N–H and O–H groups in total. The van der Waals surface area contributed by atoms with Crippen molar-refractivity contribution in [2.24, 2.45) is 0 Å². The number of hydrogen-bond donors (Lipinski definition) is 23. The minimum absolute atomic E-state index is 0.864. The van der Waals surface area contributed by atoms with Gasteiger partial charge in [-0.05, 0) is 0 Å². The van der Waals surface area contributed by atoms with Gasteiger partial charge in [-0.1, -0.05) is 0 Å². The molecule has 0 saturated carbocycles. The predicted molar refractivity (Wildman–Crippen MR) is 232 cm³/mol. The van der Waals surface area contributed by atoms with Crippen molar-refractivity contribution in [2.45, 2.75) is 215 Å². The van der Waals surface area contributed by atoms with Gasteiger partial charge in [-0.15, -0.1) is 0 Å². The van der Waals surface area contributed by atoms with Crippen LogP contribution in [0.15, 0.2) is 0 Å². The van der Waals surface area contributed by atoms with E-state index >= 15 is 0 Å². The van der Waals surface area contributed by atoms with Gasteiger partial charge in [-0.25, -0.2) is 0 Å². The molecule has 7 fully saturated rings. The van der Waals surface area contributed by atoms with Gasteiger partial charge in [0.1, 0.15) is 171 Å². The maximum Gasteiger partial charge on any atom is 0.187 e. The van der Waals surface area contributed by atoms with Crippen molar-refractivity contribution in [3.8, 4) is 0 Å². The molecule has 7 aliphatic heterocycles. The van der Waals surface area contributed by atoms with E-state index in [1.165, 1.54) is 0 Å². The highest BCUT2D eigenvalue weighted by Crippen LogP contribution is 2.38. The first-order valence-electron chi connectivity index (χ1n) is 24.7. The molecule has 7 heterocycles. The molecular weight excluding hydrogens is 1080 g/mol. The van der Waals surface area contributed by atoms with E-state index in [0.717, 1.165) is 0 Å². The van der Waals surface area contributed by atoms with Crippen molar-refractivity contribution in [1.82, 2.24) is 0 Å². The van der Waals surface area contributed by atoms with E-state index < -0.39 is 261 Å². The molecule has 0 unspecified atom stereocenters. The van der Waals surface area contributed by atoms with E-state index in [0.29, 0.717) is 0 Å². The summed E-state index contributed by atoms with van der Waals surface area (Å²) in [5, 5.41) is 246. The fraction of sp³-hybridized carbons (Fsp3) is 1.00. The molecule has 0 radical (unpaired) electrons. The monoisotopic (exact) mass is 1150 g/mol. The van der Waals surface area contributed by atoms with Gasteiger partial charge in [0.05, 0.1) is 46.2 Å². The van der Waals surface area contributed by atoms with E-state index in [4.69, 9.17) is 61.6 Å². The largest absolute Gasteiger partial charge is 0.394 e. The summed E-state index contributed by atoms with van der Waals surface area (Å²) >= 11 is 0. The highest BCUT2D eigenvalue weighted by Gasteiger charge is 2.59. The Balaban J connectivity index is 1.08. The molecule has 78 heavy (non-hydrogen) atoms. The van der Waals surface area contributed by atoms with Gasteiger partial charge in [-0.3, -0.25) is 0 Å². The molecule has 36 heteroatoms. The summed E-state index contributed by atoms with van der Waals surface area (Å²) in [6, 6.07) is 0. The summed E-state index contributed by atoms with van der Waals surface area (Å²) in [6.45, 7) is -7.01. The van der Waals surface area contributed by atoms with Gasteiger partial charge in [-0.2, -0.15) is 0 Å². The van der Waals surface area contributed by atoms with Crippen LogP contribution in [0.5, 0.6) is 0 Å². The Morgan fingerprint density at radius 2 is 0.410 bits per heavy atom. The molecule has 456 valence electrons. The van der Waals surface area contributed by atoms with E-state index in [1.54, 1.807) is 0 Å². The summed E-state index contributed by atoms with van der Waals surface area (Å²) in [5.41, 5.74) is 0. The SMILES string of the molecule is OC[C@H]1O[C@H](O[C@@H]2[C@H](O)[C@@H](O[C@@H]3[C@H](O)[C@@H](O[C@@H]4[C@H](O)[C@@H](O[C@@H]5[C@H](O)[C@@H](O[C@@H]6[C@@H](O[C@H]7[C@@H](O)[C@H](O)[C@@H](CO)O[C@@H]7O)O[C@H](CO)[C@@H](O)[C@@H]6O)O[C@H](CO)[C@H]5O)O[C@H](CO)[C@H]4O)O[C@H](CO)[C@H]3O)O[C@H](CO)[C@H]2O)[C@@H](O)[C@@H](O)[C@@H]1O. The molecule has 7 aliphatic rings. The van der Waals surface area contributed by atoms with Crippen molar-refractivity contribution in [2.75, 3.05) is 46.2 Å². The molecule has 7 rings (SSSR count). The second kappa shape index (κ2) is 27.5. The smallest absolute Gasteiger partial charge is 0.187 e. The van der Waals surface area contributed by atoms with E-state index in [2.05, 4.69) is 0 Å². The average molecular weight is 1150 g/mol. The molecule has 35 atom stereocenters. The summed E-state index contributed by atoms with van der Waals surface area (Å²) in [7, 11) is 0. The Morgan fingerprint density at radius 3 is 0.718 bits per heavy atom. The molecule has 7 saturated heterocycles. The fourth-order valence-electron chi connectivity index (χ4n) is 9.94. The van der Waals surface area contributed by atoms with E-state index in [1.807, 2.05) is 0 Å². The Morgan fingerprint density at radius 1 is 0.192 bits per heavy atom. The van der Waals surface area contributed by atoms with Gasteiger partial charge in [0.2, 0.25) is 0 Å². The quantitative estimate of drug-likeness (QED) is 0.0571. The third-order valence-electron chi connectivity index (χ3n) is 14.6. The second-order valence-electron chi connectivity index (χ2n) is 19.6. The van der Waals surface area contributed by atoms with Crippen LogP contribution in [-0.2, 0) is 61.6 Å². The van der Waals surface area contributed by atoms with Crippen molar-refractivity contribution >= 4 is 0 Å². The standard InChI is InChI=1S/C42H72O36/c43-1-8-16(51)23(58)34(36(65)66-8)77-42-35(24(59)17(52)10(3-45)72-42)78-41-29(64)33(21(56)14(7-49)71-41)76-40-28(63)32(20(55)13(6-48)70-40)75-39-27(62)31(19(54)12(5-47)69-39)74-38-26(61)30(18(53)11(4-46)68-38)73-37-25(60)22(57)15(50)9(2-44)67-37/h8-65H,1-7H2/t8-,9-,10-,11-,12-,13-,14-,15-,16-,17-,18-,19-,20-,21-,22+,23+,24+,25+,26+,27+,28+,29+,30+,31+,32+,33+,34+,35+,36+,37-,38-,39-,40-,41-,42-/m1/s1. The first kappa shape index (κ1) is 64.1. The molecule has 0 amide bonds. The number of aliphatic hydroxyl groups excluding tert-OH is 23. The first-order valence-corrected chi connectivity index (χ1v) is 24.7. The molecule has 0 bridgehead atoms. The fourth-order valence-corrected chi connectivity index (χ4v) is 9.94. The molecular formula is C42H72O36. The highest BCUT2D eigenvalue weighted by atomic mass is 16.8. The molecule has 0 aromatic rings. The van der Waals surface area contributed by atoms with Crippen LogP contribution in [0.4, 0.5) is 0 Å². The van der Waals surface area contributed by atoms with E-state index in [-0.39, 0.29) is 0 Å². The Hall–Kier alpha value is -1.44. The Labute approximate surface area is 439 Å². The van der Waals surface area contributed by atoms with Gasteiger partial charge < -0.3 is 179 Å². The van der Waals surface area contributed by atoms with Gasteiger partial charge in [0, 0.05) is 0 Å². The normalized spacial score (nSPS) is 53.5. The van der Waals surface area contributed by atoms with Crippen LogP contribution >= 0.6 is 0 Å². The van der Waals surface area contributed by atoms with E-state index in [9.17, 15) is 117 Å². The minimum atomic E-state index is -2.34. The lowest BCUT2D eigenvalue weighted by Gasteiger charge is -2.50. The van der Waals surface area contributed by atoms with Crippen molar-refractivity contribution in [1.29, 1.82) is 0 Å². The van der Waals surface area contributed by atoms with Crippen molar-refractivity contribution in [3.63, 3.8) is 0 Å². The molecule has 0 spiro atoms.